The van der Waals surface area contributed by atoms with Crippen LogP contribution in [0.4, 0.5) is 0 Å². The predicted octanol–water partition coefficient (Wildman–Crippen LogP) is -4.21. The molecule has 12 unspecified atom stereocenters. The van der Waals surface area contributed by atoms with Crippen molar-refractivity contribution < 1.29 is 99.4 Å². The maximum absolute atomic E-state index is 10.1. The van der Waals surface area contributed by atoms with E-state index < -0.39 is 77.9 Å². The topological polar surface area (TPSA) is 348 Å². The molecular weight excluding hydrogens is 704 g/mol. The minimum absolute atomic E-state index is 0.0516. The smallest absolute Gasteiger partial charge is 0.295 e. The summed E-state index contributed by atoms with van der Waals surface area (Å²) in [5.41, 5.74) is -0.875. The molecule has 0 radical (unpaired) electrons. The number of ether oxygens (including phenoxy) is 4. The molecule has 4 saturated carbocycles. The fourth-order valence-corrected chi connectivity index (χ4v) is 6.67. The number of hydrogen-bond donors (Lipinski definition) is 12. The summed E-state index contributed by atoms with van der Waals surface area (Å²) in [6.45, 7) is 7.34. The molecule has 12 atom stereocenters. The molecule has 20 nitrogen and oxygen atoms in total. The zero-order valence-corrected chi connectivity index (χ0v) is 29.5. The minimum atomic E-state index is -1.72. The van der Waals surface area contributed by atoms with Crippen LogP contribution >= 0.6 is 0 Å². The molecule has 0 saturated heterocycles. The summed E-state index contributed by atoms with van der Waals surface area (Å²) in [6.07, 6.45) is -8.59. The van der Waals surface area contributed by atoms with Gasteiger partial charge in [-0.3, -0.25) is 19.2 Å². The van der Waals surface area contributed by atoms with Gasteiger partial charge in [0.15, 0.2) is 0 Å². The van der Waals surface area contributed by atoms with Crippen molar-refractivity contribution in [2.24, 2.45) is 17.8 Å². The largest absolute Gasteiger partial charge is 0.461 e. The highest BCUT2D eigenvalue weighted by atomic mass is 16.7. The van der Waals surface area contributed by atoms with Crippen LogP contribution in [0.25, 0.3) is 0 Å². The van der Waals surface area contributed by atoms with E-state index in [9.17, 15) is 80.5 Å². The second-order valence-corrected chi connectivity index (χ2v) is 14.5. The van der Waals surface area contributed by atoms with Crippen molar-refractivity contribution in [3.05, 3.63) is 0 Å². The van der Waals surface area contributed by atoms with E-state index in [1.165, 1.54) is 0 Å². The van der Waals surface area contributed by atoms with E-state index in [0.717, 1.165) is 0 Å². The third kappa shape index (κ3) is 14.0. The highest BCUT2D eigenvalue weighted by Gasteiger charge is 2.46. The van der Waals surface area contributed by atoms with Gasteiger partial charge >= 0.3 is 0 Å². The minimum Gasteiger partial charge on any atom is -0.461 e. The lowest BCUT2D eigenvalue weighted by Gasteiger charge is -2.39. The summed E-state index contributed by atoms with van der Waals surface area (Å²) in [6, 6.07) is 0. The second-order valence-electron chi connectivity index (χ2n) is 14.5. The molecule has 304 valence electrons. The standard InChI is InChI=1S/4C8H14O5/c1-8(13-4-9)2-5(10)7(12)6(11)3-8;1-5-6(10)2-8(12,13-4-9)3-7(5)11;2*1-5-2-8(12,13-4-9)3-6(10)7(5)11/h4*4-7,10-12H,2-3H2,1H3. The van der Waals surface area contributed by atoms with Crippen molar-refractivity contribution in [2.45, 2.75) is 157 Å². The predicted molar refractivity (Wildman–Crippen MR) is 170 cm³/mol. The van der Waals surface area contributed by atoms with Gasteiger partial charge in [0.05, 0.1) is 48.8 Å². The Morgan fingerprint density at radius 1 is 0.423 bits per heavy atom. The molecule has 0 spiro atoms. The molecule has 20 heteroatoms. The number of carbonyl (C=O) groups is 4. The average Bonchev–Trinajstić information content (AvgIpc) is 3.01. The molecule has 4 aliphatic rings. The number of hydrogen-bond acceptors (Lipinski definition) is 20. The highest BCUT2D eigenvalue weighted by molar-refractivity contribution is 5.39. The van der Waals surface area contributed by atoms with Crippen LogP contribution in [0, 0.1) is 17.8 Å². The molecule has 0 bridgehead atoms. The molecule has 4 fully saturated rings. The van der Waals surface area contributed by atoms with Crippen molar-refractivity contribution in [1.29, 1.82) is 0 Å². The van der Waals surface area contributed by atoms with Gasteiger partial charge in [-0.15, -0.1) is 0 Å². The summed E-state index contributed by atoms with van der Waals surface area (Å²) in [5, 5.41) is 113. The molecule has 0 heterocycles. The Bertz CT molecular complexity index is 892. The molecule has 0 aromatic carbocycles. The van der Waals surface area contributed by atoms with Crippen LogP contribution in [0.1, 0.15) is 79.1 Å². The van der Waals surface area contributed by atoms with Crippen molar-refractivity contribution in [3.8, 4) is 0 Å². The zero-order valence-electron chi connectivity index (χ0n) is 29.5. The van der Waals surface area contributed by atoms with E-state index in [2.05, 4.69) is 14.2 Å². The van der Waals surface area contributed by atoms with Crippen LogP contribution in [0.5, 0.6) is 0 Å². The highest BCUT2D eigenvalue weighted by Crippen LogP contribution is 2.35. The second kappa shape index (κ2) is 20.2. The molecule has 0 amide bonds. The number of aliphatic hydroxyl groups excluding tert-OH is 9. The van der Waals surface area contributed by atoms with Crippen molar-refractivity contribution in [3.63, 3.8) is 0 Å². The van der Waals surface area contributed by atoms with E-state index >= 15 is 0 Å². The van der Waals surface area contributed by atoms with Crippen LogP contribution in [-0.4, -0.2) is 165 Å². The lowest BCUT2D eigenvalue weighted by atomic mass is 9.81. The number of carbonyl (C=O) groups excluding carboxylic acids is 4. The van der Waals surface area contributed by atoms with Crippen LogP contribution in [-0.2, 0) is 38.1 Å². The molecule has 12 N–H and O–H groups in total. The maximum Gasteiger partial charge on any atom is 0.295 e. The number of aliphatic hydroxyl groups is 12. The Labute approximate surface area is 300 Å². The van der Waals surface area contributed by atoms with E-state index in [1.807, 2.05) is 0 Å². The Morgan fingerprint density at radius 3 is 0.981 bits per heavy atom. The van der Waals surface area contributed by atoms with Gasteiger partial charge in [-0.1, -0.05) is 20.8 Å². The first kappa shape index (κ1) is 47.4. The summed E-state index contributed by atoms with van der Waals surface area (Å²) in [7, 11) is 0. The summed E-state index contributed by atoms with van der Waals surface area (Å²) in [4.78, 5) is 40.2. The number of rotatable bonds is 8. The quantitative estimate of drug-likeness (QED) is 0.0634. The van der Waals surface area contributed by atoms with Gasteiger partial charge in [-0.05, 0) is 18.8 Å². The molecule has 0 aromatic heterocycles. The average molecular weight is 761 g/mol. The van der Waals surface area contributed by atoms with Crippen LogP contribution < -0.4 is 0 Å². The monoisotopic (exact) mass is 760 g/mol. The van der Waals surface area contributed by atoms with E-state index in [1.54, 1.807) is 27.7 Å². The Morgan fingerprint density at radius 2 is 0.692 bits per heavy atom. The molecule has 4 rings (SSSR count). The van der Waals surface area contributed by atoms with Gasteiger partial charge in [-0.2, -0.15) is 0 Å². The van der Waals surface area contributed by atoms with Crippen LogP contribution in [0.3, 0.4) is 0 Å². The first-order valence-electron chi connectivity index (χ1n) is 16.7. The first-order chi connectivity index (χ1) is 23.9. The van der Waals surface area contributed by atoms with E-state index in [0.29, 0.717) is 0 Å². The third-order valence-electron chi connectivity index (χ3n) is 9.77. The Kier molecular flexibility index (Phi) is 18.4. The van der Waals surface area contributed by atoms with Gasteiger partial charge in [0.1, 0.15) is 11.7 Å². The lowest BCUT2D eigenvalue weighted by Crippen LogP contribution is -2.52. The Balaban J connectivity index is 0.000000347. The van der Waals surface area contributed by atoms with Gasteiger partial charge in [0, 0.05) is 57.3 Å². The molecule has 0 aliphatic heterocycles. The Hall–Kier alpha value is -2.60. The van der Waals surface area contributed by atoms with Crippen LogP contribution in [0.2, 0.25) is 0 Å². The third-order valence-corrected chi connectivity index (χ3v) is 9.77. The fourth-order valence-electron chi connectivity index (χ4n) is 6.67. The molecular formula is C32H56O20. The van der Waals surface area contributed by atoms with Crippen LogP contribution in [0.15, 0.2) is 0 Å². The summed E-state index contributed by atoms with van der Waals surface area (Å²) >= 11 is 0. The van der Waals surface area contributed by atoms with Gasteiger partial charge in [0.2, 0.25) is 17.4 Å². The van der Waals surface area contributed by atoms with Crippen molar-refractivity contribution in [1.82, 2.24) is 0 Å². The first-order valence-corrected chi connectivity index (χ1v) is 16.7. The fraction of sp³-hybridized carbons (Fsp3) is 0.875. The van der Waals surface area contributed by atoms with Crippen molar-refractivity contribution in [2.75, 3.05) is 0 Å². The summed E-state index contributed by atoms with van der Waals surface area (Å²) < 4.78 is 18.1. The lowest BCUT2D eigenvalue weighted by molar-refractivity contribution is -0.243. The maximum atomic E-state index is 10.1. The van der Waals surface area contributed by atoms with Gasteiger partial charge < -0.3 is 80.2 Å². The van der Waals surface area contributed by atoms with Crippen molar-refractivity contribution >= 4 is 25.9 Å². The van der Waals surface area contributed by atoms with Gasteiger partial charge in [0.25, 0.3) is 25.9 Å². The van der Waals surface area contributed by atoms with E-state index in [-0.39, 0.29) is 95.0 Å². The van der Waals surface area contributed by atoms with Gasteiger partial charge in [-0.25, -0.2) is 0 Å². The van der Waals surface area contributed by atoms with E-state index in [4.69, 9.17) is 4.74 Å². The SMILES string of the molecule is CC1(OC=O)CC(O)C(O)C(O)C1.CC1C(O)CC(O)(OC=O)CC1O.CC1CC(O)(OC=O)CC(O)C1O.CC1CC(O)(OC=O)CC(O)C1O. The molecule has 4 aliphatic carbocycles. The molecule has 52 heavy (non-hydrogen) atoms. The zero-order chi connectivity index (χ0) is 40.2. The molecule has 0 aromatic rings. The summed E-state index contributed by atoms with van der Waals surface area (Å²) in [5.74, 6) is -5.87. The normalized spacial score (nSPS) is 45.7.